The monoisotopic (exact) mass is 302 g/mol. The van der Waals surface area contributed by atoms with E-state index in [9.17, 15) is 4.79 Å². The van der Waals surface area contributed by atoms with Gasteiger partial charge in [0, 0.05) is 24.8 Å². The molecule has 0 atom stereocenters. The summed E-state index contributed by atoms with van der Waals surface area (Å²) >= 11 is 0. The average molecular weight is 302 g/mol. The molecule has 118 valence electrons. The number of rotatable bonds is 3. The maximum Gasteiger partial charge on any atom is 0.261 e. The average Bonchev–Trinajstić information content (AvgIpc) is 2.72. The van der Waals surface area contributed by atoms with Gasteiger partial charge >= 0.3 is 0 Å². The number of aryl methyl sites for hydroxylation is 3. The molecule has 2 aromatic rings. The van der Waals surface area contributed by atoms with E-state index in [1.807, 2.05) is 31.9 Å². The molecule has 0 aromatic carbocycles. The summed E-state index contributed by atoms with van der Waals surface area (Å²) in [5, 5.41) is 5.24. The standard InChI is InChI=1S/C16H22N4O2/c1-10-8-11(2)17-14-13(10)15(18-19(14)5)22-9-12(21)20-7-6-16(20,3)4/h8H,6-7,9H2,1-5H3. The van der Waals surface area contributed by atoms with Gasteiger partial charge in [-0.3, -0.25) is 4.79 Å². The van der Waals surface area contributed by atoms with E-state index in [0.717, 1.165) is 35.3 Å². The summed E-state index contributed by atoms with van der Waals surface area (Å²) in [6.07, 6.45) is 1.04. The zero-order valence-electron chi connectivity index (χ0n) is 13.8. The Balaban J connectivity index is 1.82. The highest BCUT2D eigenvalue weighted by atomic mass is 16.5. The Morgan fingerprint density at radius 1 is 1.41 bits per heavy atom. The lowest BCUT2D eigenvalue weighted by atomic mass is 9.89. The first-order valence-electron chi connectivity index (χ1n) is 7.54. The van der Waals surface area contributed by atoms with E-state index < -0.39 is 0 Å². The van der Waals surface area contributed by atoms with Crippen molar-refractivity contribution >= 4 is 16.9 Å². The molecule has 3 rings (SSSR count). The number of likely N-dealkylation sites (tertiary alicyclic amines) is 1. The van der Waals surface area contributed by atoms with Crippen molar-refractivity contribution in [3.05, 3.63) is 17.3 Å². The van der Waals surface area contributed by atoms with Crippen LogP contribution in [-0.4, -0.2) is 44.3 Å². The lowest BCUT2D eigenvalue weighted by Gasteiger charge is -2.48. The van der Waals surface area contributed by atoms with Crippen LogP contribution in [0.2, 0.25) is 0 Å². The van der Waals surface area contributed by atoms with Crippen LogP contribution in [0.5, 0.6) is 5.88 Å². The molecule has 0 spiro atoms. The van der Waals surface area contributed by atoms with Gasteiger partial charge in [0.1, 0.15) is 0 Å². The molecule has 0 bridgehead atoms. The fourth-order valence-corrected chi connectivity index (χ4v) is 2.99. The first kappa shape index (κ1) is 14.8. The van der Waals surface area contributed by atoms with Gasteiger partial charge in [-0.1, -0.05) is 0 Å². The van der Waals surface area contributed by atoms with Crippen LogP contribution in [-0.2, 0) is 11.8 Å². The Kier molecular flexibility index (Phi) is 3.34. The SMILES string of the molecule is Cc1cc(C)c2c(OCC(=O)N3CCC3(C)C)nn(C)c2n1. The van der Waals surface area contributed by atoms with Gasteiger partial charge in [-0.25, -0.2) is 9.67 Å². The van der Waals surface area contributed by atoms with Crippen molar-refractivity contribution in [2.45, 2.75) is 39.7 Å². The van der Waals surface area contributed by atoms with Crippen LogP contribution < -0.4 is 4.74 Å². The highest BCUT2D eigenvalue weighted by molar-refractivity contribution is 5.86. The lowest BCUT2D eigenvalue weighted by Crippen LogP contribution is -2.59. The number of pyridine rings is 1. The van der Waals surface area contributed by atoms with E-state index in [-0.39, 0.29) is 18.1 Å². The third kappa shape index (κ3) is 2.32. The molecular weight excluding hydrogens is 280 g/mol. The summed E-state index contributed by atoms with van der Waals surface area (Å²) in [6.45, 7) is 8.92. The van der Waals surface area contributed by atoms with Gasteiger partial charge < -0.3 is 9.64 Å². The summed E-state index contributed by atoms with van der Waals surface area (Å²) in [6, 6.07) is 2.00. The van der Waals surface area contributed by atoms with Crippen molar-refractivity contribution < 1.29 is 9.53 Å². The molecular formula is C16H22N4O2. The minimum absolute atomic E-state index is 0.00720. The molecule has 0 saturated carbocycles. The second-order valence-corrected chi connectivity index (χ2v) is 6.60. The van der Waals surface area contributed by atoms with Crippen molar-refractivity contribution in [3.8, 4) is 5.88 Å². The van der Waals surface area contributed by atoms with Crippen molar-refractivity contribution in [1.82, 2.24) is 19.7 Å². The Bertz CT molecular complexity index is 748. The fraction of sp³-hybridized carbons (Fsp3) is 0.562. The van der Waals surface area contributed by atoms with E-state index in [1.54, 1.807) is 4.68 Å². The lowest BCUT2D eigenvalue weighted by molar-refractivity contribution is -0.146. The van der Waals surface area contributed by atoms with Crippen LogP contribution in [0.25, 0.3) is 11.0 Å². The van der Waals surface area contributed by atoms with Gasteiger partial charge in [-0.2, -0.15) is 0 Å². The minimum Gasteiger partial charge on any atom is -0.466 e. The molecule has 1 aliphatic heterocycles. The predicted molar refractivity (Wildman–Crippen MR) is 83.9 cm³/mol. The molecule has 0 N–H and O–H groups in total. The molecule has 3 heterocycles. The zero-order chi connectivity index (χ0) is 16.1. The van der Waals surface area contributed by atoms with Crippen LogP contribution in [0.4, 0.5) is 0 Å². The normalized spacial score (nSPS) is 16.7. The number of nitrogens with zero attached hydrogens (tertiary/aromatic N) is 4. The van der Waals surface area contributed by atoms with Crippen LogP contribution in [0.15, 0.2) is 6.07 Å². The third-order valence-corrected chi connectivity index (χ3v) is 4.40. The molecule has 1 aliphatic rings. The number of hydrogen-bond donors (Lipinski definition) is 0. The molecule has 1 fully saturated rings. The van der Waals surface area contributed by atoms with E-state index in [4.69, 9.17) is 4.74 Å². The molecule has 0 unspecified atom stereocenters. The van der Waals surface area contributed by atoms with Crippen molar-refractivity contribution in [1.29, 1.82) is 0 Å². The van der Waals surface area contributed by atoms with Crippen LogP contribution in [0, 0.1) is 13.8 Å². The highest BCUT2D eigenvalue weighted by Crippen LogP contribution is 2.30. The Labute approximate surface area is 130 Å². The topological polar surface area (TPSA) is 60.2 Å². The van der Waals surface area contributed by atoms with Crippen molar-refractivity contribution in [3.63, 3.8) is 0 Å². The Hall–Kier alpha value is -2.11. The van der Waals surface area contributed by atoms with Gasteiger partial charge in [0.25, 0.3) is 5.91 Å². The van der Waals surface area contributed by atoms with Crippen LogP contribution in [0.1, 0.15) is 31.5 Å². The number of aromatic nitrogens is 3. The van der Waals surface area contributed by atoms with Gasteiger partial charge in [0.05, 0.1) is 5.39 Å². The van der Waals surface area contributed by atoms with E-state index in [2.05, 4.69) is 23.9 Å². The molecule has 0 radical (unpaired) electrons. The summed E-state index contributed by atoms with van der Waals surface area (Å²) in [5.74, 6) is 0.488. The minimum atomic E-state index is -0.0544. The zero-order valence-corrected chi connectivity index (χ0v) is 13.8. The van der Waals surface area contributed by atoms with Crippen molar-refractivity contribution in [2.75, 3.05) is 13.2 Å². The van der Waals surface area contributed by atoms with Crippen molar-refractivity contribution in [2.24, 2.45) is 7.05 Å². The quantitative estimate of drug-likeness (QED) is 0.870. The molecule has 0 aliphatic carbocycles. The number of ether oxygens (including phenoxy) is 1. The first-order chi connectivity index (χ1) is 10.3. The number of amides is 1. The summed E-state index contributed by atoms with van der Waals surface area (Å²) < 4.78 is 7.41. The number of hydrogen-bond acceptors (Lipinski definition) is 4. The van der Waals surface area contributed by atoms with Gasteiger partial charge in [-0.05, 0) is 45.7 Å². The summed E-state index contributed by atoms with van der Waals surface area (Å²) in [7, 11) is 1.83. The number of fused-ring (bicyclic) bond motifs is 1. The third-order valence-electron chi connectivity index (χ3n) is 4.40. The molecule has 6 heteroatoms. The fourth-order valence-electron chi connectivity index (χ4n) is 2.99. The van der Waals surface area contributed by atoms with Crippen LogP contribution >= 0.6 is 0 Å². The number of carbonyl (C=O) groups is 1. The Morgan fingerprint density at radius 3 is 2.73 bits per heavy atom. The highest BCUT2D eigenvalue weighted by Gasteiger charge is 2.39. The maximum absolute atomic E-state index is 12.2. The second kappa shape index (κ2) is 4.97. The van der Waals surface area contributed by atoms with Gasteiger partial charge in [0.2, 0.25) is 5.88 Å². The molecule has 1 saturated heterocycles. The Morgan fingerprint density at radius 2 is 2.14 bits per heavy atom. The molecule has 2 aromatic heterocycles. The van der Waals surface area contributed by atoms with Crippen LogP contribution in [0.3, 0.4) is 0 Å². The second-order valence-electron chi connectivity index (χ2n) is 6.60. The maximum atomic E-state index is 12.2. The first-order valence-corrected chi connectivity index (χ1v) is 7.54. The van der Waals surface area contributed by atoms with E-state index in [0.29, 0.717) is 5.88 Å². The smallest absolute Gasteiger partial charge is 0.261 e. The van der Waals surface area contributed by atoms with E-state index in [1.165, 1.54) is 0 Å². The van der Waals surface area contributed by atoms with Gasteiger partial charge in [-0.15, -0.1) is 5.10 Å². The molecule has 6 nitrogen and oxygen atoms in total. The largest absolute Gasteiger partial charge is 0.466 e. The summed E-state index contributed by atoms with van der Waals surface area (Å²) in [4.78, 5) is 18.6. The number of carbonyl (C=O) groups excluding carboxylic acids is 1. The van der Waals surface area contributed by atoms with Gasteiger partial charge in [0.15, 0.2) is 12.3 Å². The molecule has 1 amide bonds. The summed E-state index contributed by atoms with van der Waals surface area (Å²) in [5.41, 5.74) is 2.73. The molecule has 22 heavy (non-hydrogen) atoms. The predicted octanol–water partition coefficient (Wildman–Crippen LogP) is 1.97. The van der Waals surface area contributed by atoms with E-state index >= 15 is 0 Å².